The topological polar surface area (TPSA) is 96.0 Å². The van der Waals surface area contributed by atoms with Gasteiger partial charge in [0.05, 0.1) is 10.8 Å². The fourth-order valence-corrected chi connectivity index (χ4v) is 5.05. The highest BCUT2D eigenvalue weighted by Gasteiger charge is 2.41. The largest absolute Gasteiger partial charge is 0.459 e. The number of ether oxygens (including phenoxy) is 3. The van der Waals surface area contributed by atoms with Crippen molar-refractivity contribution in [2.24, 2.45) is 22.7 Å². The van der Waals surface area contributed by atoms with Gasteiger partial charge in [0.15, 0.2) is 12.4 Å². The average molecular weight is 571 g/mol. The zero-order valence-electron chi connectivity index (χ0n) is 26.4. The Morgan fingerprint density at radius 1 is 0.854 bits per heavy atom. The minimum Gasteiger partial charge on any atom is -0.459 e. The van der Waals surface area contributed by atoms with Gasteiger partial charge in [0.2, 0.25) is 0 Å². The van der Waals surface area contributed by atoms with Crippen molar-refractivity contribution in [3.63, 3.8) is 0 Å². The zero-order chi connectivity index (χ0) is 31.0. The summed E-state index contributed by atoms with van der Waals surface area (Å²) >= 11 is 0. The Kier molecular flexibility index (Phi) is 11.9. The summed E-state index contributed by atoms with van der Waals surface area (Å²) in [5.74, 6) is -0.844. The van der Waals surface area contributed by atoms with E-state index in [2.05, 4.69) is 32.9 Å². The fourth-order valence-electron chi connectivity index (χ4n) is 5.05. The predicted molar refractivity (Wildman–Crippen MR) is 159 cm³/mol. The summed E-state index contributed by atoms with van der Waals surface area (Å²) in [4.78, 5) is 49.6. The Hall–Kier alpha value is -2.96. The average Bonchev–Trinajstić information content (AvgIpc) is 2.88. The lowest BCUT2D eigenvalue weighted by molar-refractivity contribution is -0.162. The molecular formula is C34H50O7. The van der Waals surface area contributed by atoms with Crippen LogP contribution in [-0.2, 0) is 38.8 Å². The number of hydrogen-bond acceptors (Lipinski definition) is 7. The molecule has 0 aliphatic heterocycles. The van der Waals surface area contributed by atoms with Gasteiger partial charge in [-0.05, 0) is 90.2 Å². The van der Waals surface area contributed by atoms with Crippen molar-refractivity contribution >= 4 is 24.2 Å². The molecule has 7 nitrogen and oxygen atoms in total. The maximum atomic E-state index is 13.1. The summed E-state index contributed by atoms with van der Waals surface area (Å²) in [5.41, 5.74) is -0.492. The normalized spacial score (nSPS) is 21.5. The quantitative estimate of drug-likeness (QED) is 0.125. The van der Waals surface area contributed by atoms with Crippen LogP contribution in [0.5, 0.6) is 0 Å². The number of esters is 3. The molecule has 0 bridgehead atoms. The van der Waals surface area contributed by atoms with Crippen LogP contribution in [0.4, 0.5) is 0 Å². The maximum Gasteiger partial charge on any atom is 0.330 e. The molecule has 1 saturated carbocycles. The molecule has 1 fully saturated rings. The van der Waals surface area contributed by atoms with E-state index in [0.717, 1.165) is 19.3 Å². The number of carbonyl (C=O) groups excluding carboxylic acids is 4. The summed E-state index contributed by atoms with van der Waals surface area (Å²) in [5, 5.41) is 0. The van der Waals surface area contributed by atoms with E-state index < -0.39 is 40.9 Å². The number of hydrogen-bond donors (Lipinski definition) is 0. The van der Waals surface area contributed by atoms with Gasteiger partial charge < -0.3 is 14.2 Å². The standard InChI is InChI=1S/C34H50O7/c1-23-15-19-27(34(8,9)24-13-11-10-12-14-24)28(21-23)41-29(36)20-18-25(39-30(37)32(2,3)4)16-17-26(22-35)40-31(38)33(5,6)7/h10-14,18,20,22-23,25-28H,15-17,19,21H2,1-9H3/b20-18+/t23-,25-,26+,27-,28-/m1/s1. The third-order valence-electron chi connectivity index (χ3n) is 7.84. The van der Waals surface area contributed by atoms with E-state index >= 15 is 0 Å². The molecule has 1 aliphatic carbocycles. The fraction of sp³-hybridized carbons (Fsp3) is 0.647. The smallest absolute Gasteiger partial charge is 0.330 e. The SMILES string of the molecule is C[C@@H]1CC[C@@H](C(C)(C)c2ccccc2)[C@H](OC(=O)/C=C/[C@@H](CC[C@@H](C=O)OC(=O)C(C)(C)C)OC(=O)C(C)(C)C)C1. The first-order valence-electron chi connectivity index (χ1n) is 14.8. The van der Waals surface area contributed by atoms with E-state index in [0.29, 0.717) is 12.2 Å². The van der Waals surface area contributed by atoms with E-state index in [1.54, 1.807) is 41.5 Å². The zero-order valence-corrected chi connectivity index (χ0v) is 26.4. The van der Waals surface area contributed by atoms with Crippen LogP contribution in [-0.4, -0.2) is 42.5 Å². The van der Waals surface area contributed by atoms with Gasteiger partial charge in [-0.2, -0.15) is 0 Å². The van der Waals surface area contributed by atoms with Crippen molar-refractivity contribution in [1.82, 2.24) is 0 Å². The van der Waals surface area contributed by atoms with Crippen molar-refractivity contribution in [3.8, 4) is 0 Å². The van der Waals surface area contributed by atoms with Crippen LogP contribution in [0.15, 0.2) is 42.5 Å². The van der Waals surface area contributed by atoms with Crippen LogP contribution in [0.3, 0.4) is 0 Å². The molecule has 1 aromatic carbocycles. The summed E-state index contributed by atoms with van der Waals surface area (Å²) in [7, 11) is 0. The van der Waals surface area contributed by atoms with E-state index in [-0.39, 0.29) is 30.3 Å². The minimum atomic E-state index is -0.984. The van der Waals surface area contributed by atoms with Crippen molar-refractivity contribution in [2.45, 2.75) is 118 Å². The van der Waals surface area contributed by atoms with Crippen molar-refractivity contribution in [3.05, 3.63) is 48.0 Å². The molecule has 0 amide bonds. The monoisotopic (exact) mass is 570 g/mol. The number of rotatable bonds is 11. The molecule has 5 atom stereocenters. The molecule has 0 aromatic heterocycles. The highest BCUT2D eigenvalue weighted by molar-refractivity contribution is 5.82. The van der Waals surface area contributed by atoms with Gasteiger partial charge in [-0.15, -0.1) is 0 Å². The van der Waals surface area contributed by atoms with Gasteiger partial charge in [0.25, 0.3) is 0 Å². The van der Waals surface area contributed by atoms with Gasteiger partial charge in [-0.1, -0.05) is 57.5 Å². The Bertz CT molecular complexity index is 1060. The predicted octanol–water partition coefficient (Wildman–Crippen LogP) is 6.76. The van der Waals surface area contributed by atoms with Gasteiger partial charge in [-0.25, -0.2) is 4.79 Å². The van der Waals surface area contributed by atoms with Crippen molar-refractivity contribution in [1.29, 1.82) is 0 Å². The highest BCUT2D eigenvalue weighted by atomic mass is 16.6. The third kappa shape index (κ3) is 10.4. The summed E-state index contributed by atoms with van der Waals surface area (Å²) in [6.45, 7) is 16.9. The first-order chi connectivity index (χ1) is 18.9. The molecule has 41 heavy (non-hydrogen) atoms. The van der Waals surface area contributed by atoms with Crippen molar-refractivity contribution < 1.29 is 33.4 Å². The second kappa shape index (κ2) is 14.3. The second-order valence-corrected chi connectivity index (χ2v) is 14.0. The Morgan fingerprint density at radius 2 is 1.39 bits per heavy atom. The Balaban J connectivity index is 2.17. The second-order valence-electron chi connectivity index (χ2n) is 14.0. The Morgan fingerprint density at radius 3 is 1.93 bits per heavy atom. The Labute approximate surface area is 246 Å². The summed E-state index contributed by atoms with van der Waals surface area (Å²) < 4.78 is 17.1. The lowest BCUT2D eigenvalue weighted by Gasteiger charge is -2.43. The molecule has 1 aliphatic rings. The lowest BCUT2D eigenvalue weighted by Crippen LogP contribution is -2.43. The van der Waals surface area contributed by atoms with Gasteiger partial charge in [0.1, 0.15) is 12.2 Å². The molecule has 0 saturated heterocycles. The van der Waals surface area contributed by atoms with Crippen LogP contribution in [0.2, 0.25) is 0 Å². The minimum absolute atomic E-state index is 0.139. The van der Waals surface area contributed by atoms with Crippen LogP contribution >= 0.6 is 0 Å². The first-order valence-corrected chi connectivity index (χ1v) is 14.8. The molecule has 228 valence electrons. The highest BCUT2D eigenvalue weighted by Crippen LogP contribution is 2.43. The lowest BCUT2D eigenvalue weighted by atomic mass is 9.64. The molecule has 0 heterocycles. The molecule has 2 rings (SSSR count). The number of carbonyl (C=O) groups is 4. The van der Waals surface area contributed by atoms with Gasteiger partial charge in [-0.3, -0.25) is 14.4 Å². The van der Waals surface area contributed by atoms with Crippen molar-refractivity contribution in [2.75, 3.05) is 0 Å². The molecule has 0 unspecified atom stereocenters. The first kappa shape index (κ1) is 34.2. The van der Waals surface area contributed by atoms with Gasteiger partial charge >= 0.3 is 17.9 Å². The van der Waals surface area contributed by atoms with E-state index in [4.69, 9.17) is 14.2 Å². The molecule has 7 heteroatoms. The molecule has 0 N–H and O–H groups in total. The van der Waals surface area contributed by atoms with Crippen LogP contribution < -0.4 is 0 Å². The molecular weight excluding hydrogens is 520 g/mol. The van der Waals surface area contributed by atoms with Crippen LogP contribution in [0, 0.1) is 22.7 Å². The molecule has 0 radical (unpaired) electrons. The van der Waals surface area contributed by atoms with Crippen LogP contribution in [0.1, 0.15) is 100.0 Å². The summed E-state index contributed by atoms with van der Waals surface area (Å²) in [6, 6.07) is 10.3. The number of benzene rings is 1. The van der Waals surface area contributed by atoms with E-state index in [9.17, 15) is 19.2 Å². The molecule has 1 aromatic rings. The molecule has 0 spiro atoms. The summed E-state index contributed by atoms with van der Waals surface area (Å²) in [6.07, 6.45) is 4.49. The van der Waals surface area contributed by atoms with E-state index in [1.807, 2.05) is 18.2 Å². The van der Waals surface area contributed by atoms with Crippen LogP contribution in [0.25, 0.3) is 0 Å². The maximum absolute atomic E-state index is 13.1. The third-order valence-corrected chi connectivity index (χ3v) is 7.84. The van der Waals surface area contributed by atoms with Gasteiger partial charge in [0, 0.05) is 12.0 Å². The number of aldehydes is 1. The van der Waals surface area contributed by atoms with E-state index in [1.165, 1.54) is 17.7 Å².